The summed E-state index contributed by atoms with van der Waals surface area (Å²) in [5.74, 6) is -0.714. The Morgan fingerprint density at radius 1 is 1.16 bits per heavy atom. The van der Waals surface area contributed by atoms with Gasteiger partial charge in [0.05, 0.1) is 13.0 Å². The molecule has 1 unspecified atom stereocenters. The maximum atomic E-state index is 12.8. The summed E-state index contributed by atoms with van der Waals surface area (Å²) in [7, 11) is 0. The summed E-state index contributed by atoms with van der Waals surface area (Å²) in [4.78, 5) is 53.3. The van der Waals surface area contributed by atoms with E-state index in [1.54, 1.807) is 4.90 Å². The van der Waals surface area contributed by atoms with Crippen LogP contribution in [-0.4, -0.2) is 60.1 Å². The van der Waals surface area contributed by atoms with Crippen molar-refractivity contribution in [1.82, 2.24) is 15.0 Å². The van der Waals surface area contributed by atoms with E-state index < -0.39 is 5.97 Å². The normalized spacial score (nSPS) is 13.3. The van der Waals surface area contributed by atoms with Gasteiger partial charge in [-0.25, -0.2) is 0 Å². The molecule has 3 rings (SSSR count). The topological polar surface area (TPSA) is 141 Å². The first-order valence-electron chi connectivity index (χ1n) is 13.3. The number of esters is 1. The predicted molar refractivity (Wildman–Crippen MR) is 148 cm³/mol. The molecule has 0 aliphatic carbocycles. The highest BCUT2D eigenvalue weighted by molar-refractivity contribution is 7.78. The monoisotopic (exact) mass is 546 g/mol. The summed E-state index contributed by atoms with van der Waals surface area (Å²) in [6.45, 7) is 3.54. The van der Waals surface area contributed by atoms with Crippen molar-refractivity contribution in [3.05, 3.63) is 29.5 Å². The molecule has 10 nitrogen and oxygen atoms in total. The SMILES string of the molecule is CCC(CO)CCCCNC(=O)c1cc2c3c(ccc2[nH]1)N(C(=O)CCCOC(=O)CCC(=O)NS)CC3. The zero-order valence-corrected chi connectivity index (χ0v) is 22.8. The number of nitrogens with one attached hydrogen (secondary N) is 3. The minimum Gasteiger partial charge on any atom is -0.466 e. The lowest BCUT2D eigenvalue weighted by Crippen LogP contribution is -2.28. The number of thiol groups is 1. The van der Waals surface area contributed by atoms with Gasteiger partial charge in [0, 0.05) is 49.1 Å². The Balaban J connectivity index is 1.48. The lowest BCUT2D eigenvalue weighted by Gasteiger charge is -2.17. The number of rotatable bonds is 15. The van der Waals surface area contributed by atoms with Gasteiger partial charge in [-0.05, 0) is 55.4 Å². The van der Waals surface area contributed by atoms with E-state index in [-0.39, 0.29) is 50.2 Å². The summed E-state index contributed by atoms with van der Waals surface area (Å²) in [5.41, 5.74) is 3.23. The predicted octanol–water partition coefficient (Wildman–Crippen LogP) is 3.04. The van der Waals surface area contributed by atoms with Crippen LogP contribution in [0, 0.1) is 5.92 Å². The van der Waals surface area contributed by atoms with E-state index in [1.807, 2.05) is 18.2 Å². The molecule has 1 atom stereocenters. The number of hydrogen-bond acceptors (Lipinski definition) is 7. The third kappa shape index (κ3) is 7.97. The van der Waals surface area contributed by atoms with Crippen LogP contribution in [0.4, 0.5) is 5.69 Å². The van der Waals surface area contributed by atoms with E-state index in [1.165, 1.54) is 0 Å². The fourth-order valence-corrected chi connectivity index (χ4v) is 4.77. The van der Waals surface area contributed by atoms with Gasteiger partial charge in [0.1, 0.15) is 5.69 Å². The molecule has 0 saturated carbocycles. The molecule has 1 aromatic heterocycles. The fourth-order valence-electron chi connectivity index (χ4n) is 4.66. The standard InChI is InChI=1S/C27H38N4O6S/c1-2-18(17-32)6-3-4-13-28-27(36)22-16-20-19-12-14-31(23(19)9-8-21(20)29-22)25(34)7-5-15-37-26(35)11-10-24(33)30-38/h8-9,16,18,29,32,38H,2-7,10-15,17H2,1H3,(H,28,36)(H,30,33). The van der Waals surface area contributed by atoms with Gasteiger partial charge in [-0.3, -0.25) is 19.2 Å². The van der Waals surface area contributed by atoms with Crippen LogP contribution in [0.2, 0.25) is 0 Å². The van der Waals surface area contributed by atoms with Crippen LogP contribution in [0.5, 0.6) is 0 Å². The second-order valence-corrected chi connectivity index (χ2v) is 9.79. The van der Waals surface area contributed by atoms with Crippen LogP contribution >= 0.6 is 12.8 Å². The van der Waals surface area contributed by atoms with E-state index in [0.29, 0.717) is 37.5 Å². The van der Waals surface area contributed by atoms with Crippen molar-refractivity contribution >= 4 is 53.1 Å². The lowest BCUT2D eigenvalue weighted by molar-refractivity contribution is -0.145. The zero-order valence-electron chi connectivity index (χ0n) is 21.9. The first-order chi connectivity index (χ1) is 18.4. The van der Waals surface area contributed by atoms with Crippen molar-refractivity contribution in [2.75, 3.05) is 31.2 Å². The van der Waals surface area contributed by atoms with Gasteiger partial charge < -0.3 is 29.8 Å². The Labute approximate surface area is 228 Å². The molecule has 208 valence electrons. The number of unbranched alkanes of at least 4 members (excludes halogenated alkanes) is 1. The van der Waals surface area contributed by atoms with Gasteiger partial charge in [-0.15, -0.1) is 0 Å². The van der Waals surface area contributed by atoms with Crippen LogP contribution in [-0.2, 0) is 25.5 Å². The van der Waals surface area contributed by atoms with Crippen LogP contribution in [0.1, 0.15) is 74.3 Å². The lowest BCUT2D eigenvalue weighted by atomic mass is 10.0. The van der Waals surface area contributed by atoms with Crippen molar-refractivity contribution in [2.24, 2.45) is 5.92 Å². The minimum absolute atomic E-state index is 0.00762. The van der Waals surface area contributed by atoms with Crippen LogP contribution in [0.25, 0.3) is 10.9 Å². The molecule has 0 radical (unpaired) electrons. The maximum Gasteiger partial charge on any atom is 0.306 e. The molecule has 1 aromatic carbocycles. The number of aliphatic hydroxyl groups is 1. The highest BCUT2D eigenvalue weighted by Crippen LogP contribution is 2.35. The van der Waals surface area contributed by atoms with E-state index in [9.17, 15) is 24.3 Å². The van der Waals surface area contributed by atoms with Crippen molar-refractivity contribution in [3.8, 4) is 0 Å². The number of nitrogens with zero attached hydrogens (tertiary/aromatic N) is 1. The Hall–Kier alpha value is -3.05. The van der Waals surface area contributed by atoms with E-state index in [4.69, 9.17) is 4.74 Å². The van der Waals surface area contributed by atoms with Crippen molar-refractivity contribution in [1.29, 1.82) is 0 Å². The summed E-state index contributed by atoms with van der Waals surface area (Å²) < 4.78 is 7.25. The Kier molecular flexibility index (Phi) is 11.5. The summed E-state index contributed by atoms with van der Waals surface area (Å²) in [6.07, 6.45) is 5.04. The number of aromatic amines is 1. The molecule has 0 bridgehead atoms. The second kappa shape index (κ2) is 14.8. The highest BCUT2D eigenvalue weighted by atomic mass is 32.1. The second-order valence-electron chi connectivity index (χ2n) is 9.57. The minimum atomic E-state index is -0.484. The molecule has 1 aliphatic rings. The molecule has 2 aromatic rings. The first kappa shape index (κ1) is 29.5. The number of amides is 3. The number of aliphatic hydroxyl groups excluding tert-OH is 1. The number of anilines is 1. The summed E-state index contributed by atoms with van der Waals surface area (Å²) in [5, 5.41) is 13.2. The molecule has 0 fully saturated rings. The molecule has 3 amide bonds. The van der Waals surface area contributed by atoms with Gasteiger partial charge >= 0.3 is 5.97 Å². The van der Waals surface area contributed by atoms with Gasteiger partial charge in [-0.1, -0.05) is 32.6 Å². The molecule has 2 heterocycles. The van der Waals surface area contributed by atoms with Crippen molar-refractivity contribution < 1.29 is 29.0 Å². The number of benzene rings is 1. The third-order valence-corrected chi connectivity index (χ3v) is 7.20. The van der Waals surface area contributed by atoms with Gasteiger partial charge in [0.15, 0.2) is 0 Å². The Bertz CT molecular complexity index is 1130. The van der Waals surface area contributed by atoms with E-state index in [2.05, 4.69) is 34.8 Å². The largest absolute Gasteiger partial charge is 0.466 e. The maximum absolute atomic E-state index is 12.8. The highest BCUT2D eigenvalue weighted by Gasteiger charge is 2.27. The average molecular weight is 547 g/mol. The van der Waals surface area contributed by atoms with Crippen molar-refractivity contribution in [2.45, 2.75) is 64.7 Å². The fraction of sp³-hybridized carbons (Fsp3) is 0.556. The van der Waals surface area contributed by atoms with E-state index >= 15 is 0 Å². The zero-order chi connectivity index (χ0) is 27.5. The Morgan fingerprint density at radius 2 is 1.97 bits per heavy atom. The van der Waals surface area contributed by atoms with Gasteiger partial charge in [0.2, 0.25) is 11.8 Å². The van der Waals surface area contributed by atoms with Crippen molar-refractivity contribution in [3.63, 3.8) is 0 Å². The number of carbonyl (C=O) groups excluding carboxylic acids is 4. The smallest absolute Gasteiger partial charge is 0.306 e. The molecule has 0 spiro atoms. The molecule has 11 heteroatoms. The van der Waals surface area contributed by atoms with Crippen LogP contribution in [0.3, 0.4) is 0 Å². The quantitative estimate of drug-likeness (QED) is 0.132. The number of H-pyrrole nitrogens is 1. The molecular formula is C27H38N4O6S. The third-order valence-electron chi connectivity index (χ3n) is 6.95. The first-order valence-corrected chi connectivity index (χ1v) is 13.7. The molecule has 1 aliphatic heterocycles. The number of fused-ring (bicyclic) bond motifs is 3. The average Bonchev–Trinajstić information content (AvgIpc) is 3.56. The van der Waals surface area contributed by atoms with Gasteiger partial charge in [0.25, 0.3) is 5.91 Å². The Morgan fingerprint density at radius 3 is 2.71 bits per heavy atom. The summed E-state index contributed by atoms with van der Waals surface area (Å²) in [6, 6.07) is 5.64. The van der Waals surface area contributed by atoms with Gasteiger partial charge in [-0.2, -0.15) is 0 Å². The molecular weight excluding hydrogens is 508 g/mol. The van der Waals surface area contributed by atoms with E-state index in [0.717, 1.165) is 47.8 Å². The van der Waals surface area contributed by atoms with Crippen LogP contribution < -0.4 is 14.9 Å². The number of hydrogen-bond donors (Lipinski definition) is 5. The number of carbonyl (C=O) groups is 4. The number of ether oxygens (including phenoxy) is 1. The molecule has 38 heavy (non-hydrogen) atoms. The molecule has 4 N–H and O–H groups in total. The molecule has 0 saturated heterocycles. The van der Waals surface area contributed by atoms with Crippen LogP contribution in [0.15, 0.2) is 18.2 Å². The number of aromatic nitrogens is 1. The summed E-state index contributed by atoms with van der Waals surface area (Å²) >= 11 is 3.63.